The van der Waals surface area contributed by atoms with Crippen molar-refractivity contribution < 1.29 is 4.79 Å². The lowest BCUT2D eigenvalue weighted by Crippen LogP contribution is -2.49. The van der Waals surface area contributed by atoms with Gasteiger partial charge in [0.1, 0.15) is 0 Å². The summed E-state index contributed by atoms with van der Waals surface area (Å²) in [5.41, 5.74) is 0. The molecule has 0 aromatic heterocycles. The van der Waals surface area contributed by atoms with E-state index in [0.29, 0.717) is 12.3 Å². The molecule has 4 nitrogen and oxygen atoms in total. The van der Waals surface area contributed by atoms with Gasteiger partial charge in [0.05, 0.1) is 0 Å². The Morgan fingerprint density at radius 3 is 2.40 bits per heavy atom. The average Bonchev–Trinajstić information content (AvgIpc) is 2.29. The fourth-order valence-electron chi connectivity index (χ4n) is 1.86. The van der Waals surface area contributed by atoms with Crippen LogP contribution in [0.5, 0.6) is 0 Å². The molecule has 0 aromatic rings. The predicted octanol–water partition coefficient (Wildman–Crippen LogP) is 0.150. The predicted molar refractivity (Wildman–Crippen MR) is 61.9 cm³/mol. The van der Waals surface area contributed by atoms with Gasteiger partial charge >= 0.3 is 0 Å². The van der Waals surface area contributed by atoms with E-state index in [1.54, 1.807) is 0 Å². The molecule has 1 aliphatic rings. The molecular formula is C11H23N3O. The molecule has 0 radical (unpaired) electrons. The number of piperazine rings is 1. The molecule has 0 atom stereocenters. The van der Waals surface area contributed by atoms with Crippen LogP contribution in [-0.2, 0) is 4.79 Å². The number of amides is 1. The van der Waals surface area contributed by atoms with Crippen LogP contribution in [0.2, 0.25) is 0 Å². The lowest BCUT2D eigenvalue weighted by Gasteiger charge is -2.34. The third-order valence-corrected chi connectivity index (χ3v) is 2.88. The molecule has 1 saturated heterocycles. The molecule has 4 heteroatoms. The first-order valence-electron chi connectivity index (χ1n) is 5.98. The maximum atomic E-state index is 11.4. The van der Waals surface area contributed by atoms with E-state index >= 15 is 0 Å². The van der Waals surface area contributed by atoms with Crippen molar-refractivity contribution in [1.29, 1.82) is 0 Å². The van der Waals surface area contributed by atoms with Gasteiger partial charge < -0.3 is 10.2 Å². The first-order chi connectivity index (χ1) is 7.27. The number of nitrogens with one attached hydrogen (secondary N) is 1. The minimum Gasteiger partial charge on any atom is -0.340 e. The van der Waals surface area contributed by atoms with Crippen molar-refractivity contribution in [1.82, 2.24) is 15.1 Å². The summed E-state index contributed by atoms with van der Waals surface area (Å²) in [5, 5.41) is 3.32. The van der Waals surface area contributed by atoms with Crippen molar-refractivity contribution in [2.24, 2.45) is 0 Å². The van der Waals surface area contributed by atoms with Gasteiger partial charge in [0, 0.05) is 45.7 Å². The van der Waals surface area contributed by atoms with Gasteiger partial charge in [-0.15, -0.1) is 0 Å². The van der Waals surface area contributed by atoms with Crippen molar-refractivity contribution in [3.05, 3.63) is 0 Å². The van der Waals surface area contributed by atoms with Crippen LogP contribution in [0.4, 0.5) is 0 Å². The Morgan fingerprint density at radius 2 is 1.87 bits per heavy atom. The van der Waals surface area contributed by atoms with Crippen molar-refractivity contribution in [2.75, 3.05) is 45.8 Å². The van der Waals surface area contributed by atoms with E-state index in [4.69, 9.17) is 0 Å². The molecular weight excluding hydrogens is 190 g/mol. The van der Waals surface area contributed by atoms with Gasteiger partial charge in [-0.05, 0) is 6.54 Å². The van der Waals surface area contributed by atoms with E-state index in [2.05, 4.69) is 17.1 Å². The van der Waals surface area contributed by atoms with Crippen LogP contribution in [0.1, 0.15) is 20.3 Å². The quantitative estimate of drug-likeness (QED) is 0.660. The fourth-order valence-corrected chi connectivity index (χ4v) is 1.86. The number of carbonyl (C=O) groups is 1. The minimum absolute atomic E-state index is 0.293. The normalized spacial score (nSPS) is 18.1. The molecule has 0 spiro atoms. The van der Waals surface area contributed by atoms with Crippen molar-refractivity contribution >= 4 is 5.91 Å². The second-order valence-electron chi connectivity index (χ2n) is 3.93. The molecule has 1 heterocycles. The third-order valence-electron chi connectivity index (χ3n) is 2.88. The smallest absolute Gasteiger partial charge is 0.222 e. The summed E-state index contributed by atoms with van der Waals surface area (Å²) in [6, 6.07) is 0. The van der Waals surface area contributed by atoms with Gasteiger partial charge in [-0.2, -0.15) is 0 Å². The highest BCUT2D eigenvalue weighted by Crippen LogP contribution is 2.02. The van der Waals surface area contributed by atoms with E-state index in [1.807, 2.05) is 11.8 Å². The molecule has 0 bridgehead atoms. The summed E-state index contributed by atoms with van der Waals surface area (Å²) in [4.78, 5) is 15.8. The van der Waals surface area contributed by atoms with Gasteiger partial charge in [0.25, 0.3) is 0 Å². The van der Waals surface area contributed by atoms with E-state index in [1.165, 1.54) is 0 Å². The summed E-state index contributed by atoms with van der Waals surface area (Å²) in [7, 11) is 0. The highest BCUT2D eigenvalue weighted by atomic mass is 16.2. The maximum Gasteiger partial charge on any atom is 0.222 e. The van der Waals surface area contributed by atoms with Crippen LogP contribution in [-0.4, -0.2) is 61.5 Å². The van der Waals surface area contributed by atoms with E-state index in [-0.39, 0.29) is 0 Å². The Kier molecular flexibility index (Phi) is 5.65. The Hall–Kier alpha value is -0.610. The van der Waals surface area contributed by atoms with Crippen LogP contribution < -0.4 is 5.32 Å². The summed E-state index contributed by atoms with van der Waals surface area (Å²) in [5.74, 6) is 0.293. The summed E-state index contributed by atoms with van der Waals surface area (Å²) in [6.45, 7) is 11.1. The Balaban J connectivity index is 2.15. The molecule has 1 amide bonds. The second-order valence-corrected chi connectivity index (χ2v) is 3.93. The highest BCUT2D eigenvalue weighted by Gasteiger charge is 2.18. The molecule has 0 unspecified atom stereocenters. The Labute approximate surface area is 92.6 Å². The molecule has 1 aliphatic heterocycles. The third kappa shape index (κ3) is 4.18. The molecule has 0 aromatic carbocycles. The highest BCUT2D eigenvalue weighted by molar-refractivity contribution is 5.75. The monoisotopic (exact) mass is 213 g/mol. The lowest BCUT2D eigenvalue weighted by molar-refractivity contribution is -0.132. The lowest BCUT2D eigenvalue weighted by atomic mass is 10.3. The number of carbonyl (C=O) groups excluding carboxylic acids is 1. The van der Waals surface area contributed by atoms with E-state index in [9.17, 15) is 4.79 Å². The van der Waals surface area contributed by atoms with Gasteiger partial charge in [0.15, 0.2) is 0 Å². The average molecular weight is 213 g/mol. The van der Waals surface area contributed by atoms with Crippen LogP contribution in [0, 0.1) is 0 Å². The topological polar surface area (TPSA) is 35.6 Å². The van der Waals surface area contributed by atoms with Crippen LogP contribution in [0.15, 0.2) is 0 Å². The van der Waals surface area contributed by atoms with Crippen LogP contribution >= 0.6 is 0 Å². The first kappa shape index (κ1) is 12.5. The van der Waals surface area contributed by atoms with Crippen LogP contribution in [0.3, 0.4) is 0 Å². The number of likely N-dealkylation sites (N-methyl/N-ethyl adjacent to an activating group) is 1. The summed E-state index contributed by atoms with van der Waals surface area (Å²) < 4.78 is 0. The SMILES string of the molecule is CCNCCN1CCN(C(=O)CC)CC1. The molecule has 1 fully saturated rings. The number of rotatable bonds is 5. The maximum absolute atomic E-state index is 11.4. The number of hydrogen-bond acceptors (Lipinski definition) is 3. The van der Waals surface area contributed by atoms with Crippen molar-refractivity contribution in [3.63, 3.8) is 0 Å². The van der Waals surface area contributed by atoms with Gasteiger partial charge in [-0.1, -0.05) is 13.8 Å². The standard InChI is InChI=1S/C11H23N3O/c1-3-11(15)14-9-7-13(8-10-14)6-5-12-4-2/h12H,3-10H2,1-2H3. The molecule has 1 rings (SSSR count). The van der Waals surface area contributed by atoms with Gasteiger partial charge in [0.2, 0.25) is 5.91 Å². The summed E-state index contributed by atoms with van der Waals surface area (Å²) in [6.07, 6.45) is 0.636. The van der Waals surface area contributed by atoms with Gasteiger partial charge in [-0.25, -0.2) is 0 Å². The zero-order valence-corrected chi connectivity index (χ0v) is 9.96. The zero-order valence-electron chi connectivity index (χ0n) is 9.96. The Morgan fingerprint density at radius 1 is 1.20 bits per heavy atom. The summed E-state index contributed by atoms with van der Waals surface area (Å²) >= 11 is 0. The van der Waals surface area contributed by atoms with E-state index in [0.717, 1.165) is 45.8 Å². The van der Waals surface area contributed by atoms with E-state index < -0.39 is 0 Å². The largest absolute Gasteiger partial charge is 0.340 e. The zero-order chi connectivity index (χ0) is 11.1. The molecule has 88 valence electrons. The van der Waals surface area contributed by atoms with Crippen LogP contribution in [0.25, 0.3) is 0 Å². The Bertz CT molecular complexity index is 188. The molecule has 0 saturated carbocycles. The van der Waals surface area contributed by atoms with Crippen molar-refractivity contribution in [3.8, 4) is 0 Å². The molecule has 1 N–H and O–H groups in total. The minimum atomic E-state index is 0.293. The fraction of sp³-hybridized carbons (Fsp3) is 0.909. The second kappa shape index (κ2) is 6.80. The number of hydrogen-bond donors (Lipinski definition) is 1. The molecule has 15 heavy (non-hydrogen) atoms. The number of nitrogens with zero attached hydrogens (tertiary/aromatic N) is 2. The first-order valence-corrected chi connectivity index (χ1v) is 5.98. The van der Waals surface area contributed by atoms with Gasteiger partial charge in [-0.3, -0.25) is 9.69 Å². The van der Waals surface area contributed by atoms with Crippen molar-refractivity contribution in [2.45, 2.75) is 20.3 Å². The molecule has 0 aliphatic carbocycles.